The van der Waals surface area contributed by atoms with E-state index in [0.717, 1.165) is 16.8 Å². The van der Waals surface area contributed by atoms with Gasteiger partial charge in [-0.1, -0.05) is 41.4 Å². The van der Waals surface area contributed by atoms with Gasteiger partial charge in [-0.05, 0) is 24.3 Å². The van der Waals surface area contributed by atoms with Gasteiger partial charge < -0.3 is 10.4 Å². The summed E-state index contributed by atoms with van der Waals surface area (Å²) in [4.78, 5) is 11.9. The number of halogens is 2. The molecule has 0 atom stereocenters. The Morgan fingerprint density at radius 3 is 2.50 bits per heavy atom. The number of aromatic nitrogens is 2. The molecule has 0 spiro atoms. The number of hydrogen-bond donors (Lipinski definition) is 3. The number of carbonyl (C=O) groups is 1. The third-order valence-corrected chi connectivity index (χ3v) is 8.03. The highest BCUT2D eigenvalue weighted by molar-refractivity contribution is 7.89. The Morgan fingerprint density at radius 2 is 1.84 bits per heavy atom. The smallest absolute Gasteiger partial charge is 0.251 e. The van der Waals surface area contributed by atoms with Gasteiger partial charge in [0.1, 0.15) is 4.90 Å². The molecule has 1 aliphatic rings. The average Bonchev–Trinajstić information content (AvgIpc) is 3.20. The van der Waals surface area contributed by atoms with Crippen LogP contribution in [0.2, 0.25) is 10.0 Å². The lowest BCUT2D eigenvalue weighted by atomic mass is 10.0. The van der Waals surface area contributed by atoms with E-state index < -0.39 is 10.0 Å². The van der Waals surface area contributed by atoms with E-state index in [4.69, 9.17) is 28.3 Å². The van der Waals surface area contributed by atoms with E-state index in [9.17, 15) is 13.2 Å². The minimum absolute atomic E-state index is 0.0748. The highest BCUT2D eigenvalue weighted by Gasteiger charge is 2.34. The van der Waals surface area contributed by atoms with Crippen LogP contribution in [0.25, 0.3) is 11.3 Å². The number of aliphatic hydroxyl groups is 1. The molecule has 2 heterocycles. The Kier molecular flexibility index (Phi) is 6.55. The molecule has 3 N–H and O–H groups in total. The Labute approximate surface area is 195 Å². The number of rotatable bonds is 6. The normalized spacial score (nSPS) is 14.2. The number of nitrogens with zero attached hydrogens (tertiary/aromatic N) is 2. The first-order valence-corrected chi connectivity index (χ1v) is 12.0. The molecule has 1 aromatic heterocycles. The second-order valence-electron chi connectivity index (χ2n) is 7.23. The van der Waals surface area contributed by atoms with Crippen molar-refractivity contribution < 1.29 is 18.3 Å². The lowest BCUT2D eigenvalue weighted by molar-refractivity contribution is 0.0945. The van der Waals surface area contributed by atoms with Crippen molar-refractivity contribution in [2.45, 2.75) is 17.9 Å². The predicted molar refractivity (Wildman–Crippen MR) is 121 cm³/mol. The third-order valence-electron chi connectivity index (χ3n) is 5.23. The van der Waals surface area contributed by atoms with Gasteiger partial charge in [-0.2, -0.15) is 9.40 Å². The number of fused-ring (bicyclic) bond motifs is 1. The van der Waals surface area contributed by atoms with Crippen LogP contribution in [0.3, 0.4) is 0 Å². The summed E-state index contributed by atoms with van der Waals surface area (Å²) in [5.74, 6) is -0.288. The molecule has 11 heteroatoms. The van der Waals surface area contributed by atoms with Gasteiger partial charge in [-0.3, -0.25) is 9.89 Å². The Hall–Kier alpha value is -2.43. The third kappa shape index (κ3) is 4.26. The molecule has 0 saturated heterocycles. The maximum atomic E-state index is 13.3. The first kappa shape index (κ1) is 22.8. The van der Waals surface area contributed by atoms with Crippen molar-refractivity contribution in [1.82, 2.24) is 19.8 Å². The van der Waals surface area contributed by atoms with Gasteiger partial charge in [0.2, 0.25) is 10.0 Å². The molecule has 32 heavy (non-hydrogen) atoms. The Balaban J connectivity index is 1.62. The lowest BCUT2D eigenvalue weighted by Crippen LogP contribution is -2.36. The molecule has 1 amide bonds. The molecular formula is C21H20Cl2N4O4S. The fourth-order valence-corrected chi connectivity index (χ4v) is 6.12. The number of hydrogen-bond acceptors (Lipinski definition) is 5. The van der Waals surface area contributed by atoms with Gasteiger partial charge >= 0.3 is 0 Å². The van der Waals surface area contributed by atoms with Crippen molar-refractivity contribution in [1.29, 1.82) is 0 Å². The molecule has 0 saturated carbocycles. The number of sulfonamides is 1. The minimum atomic E-state index is -3.92. The lowest BCUT2D eigenvalue weighted by Gasteiger charge is -2.27. The molecule has 0 fully saturated rings. The number of nitrogens with one attached hydrogen (secondary N) is 2. The zero-order chi connectivity index (χ0) is 22.9. The van der Waals surface area contributed by atoms with E-state index in [0.29, 0.717) is 17.7 Å². The highest BCUT2D eigenvalue weighted by Crippen LogP contribution is 2.35. The first-order chi connectivity index (χ1) is 15.3. The maximum Gasteiger partial charge on any atom is 0.251 e. The average molecular weight is 495 g/mol. The van der Waals surface area contributed by atoms with Crippen LogP contribution in [0.5, 0.6) is 0 Å². The topological polar surface area (TPSA) is 115 Å². The molecule has 0 radical (unpaired) electrons. The number of benzene rings is 2. The van der Waals surface area contributed by atoms with Crippen LogP contribution >= 0.6 is 23.2 Å². The Morgan fingerprint density at radius 1 is 1.16 bits per heavy atom. The summed E-state index contributed by atoms with van der Waals surface area (Å²) in [5.41, 5.74) is 3.44. The summed E-state index contributed by atoms with van der Waals surface area (Å²) >= 11 is 12.3. The second kappa shape index (κ2) is 9.21. The monoisotopic (exact) mass is 494 g/mol. The van der Waals surface area contributed by atoms with Gasteiger partial charge in [0.05, 0.1) is 22.3 Å². The molecule has 0 unspecified atom stereocenters. The highest BCUT2D eigenvalue weighted by atomic mass is 35.5. The second-order valence-corrected chi connectivity index (χ2v) is 9.91. The van der Waals surface area contributed by atoms with E-state index in [1.807, 2.05) is 0 Å². The van der Waals surface area contributed by atoms with E-state index in [1.165, 1.54) is 16.4 Å². The summed E-state index contributed by atoms with van der Waals surface area (Å²) in [7, 11) is -3.92. The quantitative estimate of drug-likeness (QED) is 0.487. The van der Waals surface area contributed by atoms with E-state index in [1.54, 1.807) is 30.3 Å². The van der Waals surface area contributed by atoms with Gasteiger partial charge in [-0.15, -0.1) is 0 Å². The van der Waals surface area contributed by atoms with Crippen molar-refractivity contribution in [2.75, 3.05) is 19.7 Å². The fraction of sp³-hybridized carbons (Fsp3) is 0.238. The zero-order valence-electron chi connectivity index (χ0n) is 16.8. The molecule has 0 aliphatic carbocycles. The minimum Gasteiger partial charge on any atom is -0.395 e. The van der Waals surface area contributed by atoms with Crippen molar-refractivity contribution in [3.8, 4) is 11.3 Å². The van der Waals surface area contributed by atoms with Crippen LogP contribution in [0, 0.1) is 0 Å². The van der Waals surface area contributed by atoms with Gasteiger partial charge in [0.25, 0.3) is 5.91 Å². The van der Waals surface area contributed by atoms with E-state index in [-0.39, 0.29) is 47.1 Å². The summed E-state index contributed by atoms with van der Waals surface area (Å²) in [6.45, 7) is 0.418. The fourth-order valence-electron chi connectivity index (χ4n) is 3.62. The first-order valence-electron chi connectivity index (χ1n) is 9.82. The predicted octanol–water partition coefficient (Wildman–Crippen LogP) is 2.85. The molecule has 2 aromatic carbocycles. The maximum absolute atomic E-state index is 13.3. The number of aromatic amines is 1. The summed E-state index contributed by atoms with van der Waals surface area (Å²) < 4.78 is 27.9. The zero-order valence-corrected chi connectivity index (χ0v) is 19.1. The number of aliphatic hydroxyl groups excluding tert-OH is 1. The SMILES string of the molecule is O=C(NCCO)c1ccc(-c2n[nH]c3c2CN(S(=O)(=O)c2c(Cl)cccc2Cl)CC3)cc1. The summed E-state index contributed by atoms with van der Waals surface area (Å²) in [6, 6.07) is 11.4. The molecule has 8 nitrogen and oxygen atoms in total. The van der Waals surface area contributed by atoms with Crippen LogP contribution in [0.15, 0.2) is 47.4 Å². The summed E-state index contributed by atoms with van der Waals surface area (Å²) in [5, 5.41) is 19.0. The Bertz CT molecular complexity index is 1240. The molecule has 4 rings (SSSR count). The van der Waals surface area contributed by atoms with E-state index >= 15 is 0 Å². The largest absolute Gasteiger partial charge is 0.395 e. The van der Waals surface area contributed by atoms with Crippen molar-refractivity contribution in [3.05, 3.63) is 69.3 Å². The molecule has 3 aromatic rings. The number of carbonyl (C=O) groups excluding carboxylic acids is 1. The summed E-state index contributed by atoms with van der Waals surface area (Å²) in [6.07, 6.45) is 0.464. The number of H-pyrrole nitrogens is 1. The van der Waals surface area contributed by atoms with Crippen LogP contribution in [-0.2, 0) is 23.0 Å². The van der Waals surface area contributed by atoms with E-state index in [2.05, 4.69) is 15.5 Å². The van der Waals surface area contributed by atoms with Crippen LogP contribution < -0.4 is 5.32 Å². The number of amides is 1. The molecule has 1 aliphatic heterocycles. The van der Waals surface area contributed by atoms with Crippen molar-refractivity contribution in [2.24, 2.45) is 0 Å². The van der Waals surface area contributed by atoms with Crippen LogP contribution in [0.4, 0.5) is 0 Å². The van der Waals surface area contributed by atoms with Crippen LogP contribution in [0.1, 0.15) is 21.6 Å². The van der Waals surface area contributed by atoms with Crippen molar-refractivity contribution >= 4 is 39.1 Å². The van der Waals surface area contributed by atoms with Gasteiger partial charge in [0, 0.05) is 48.4 Å². The molecule has 0 bridgehead atoms. The van der Waals surface area contributed by atoms with Gasteiger partial charge in [0.15, 0.2) is 0 Å². The molecule has 168 valence electrons. The van der Waals surface area contributed by atoms with Gasteiger partial charge in [-0.25, -0.2) is 8.42 Å². The van der Waals surface area contributed by atoms with Crippen molar-refractivity contribution in [3.63, 3.8) is 0 Å². The standard InChI is InChI=1S/C21H20Cl2N4O4S/c22-16-2-1-3-17(23)20(16)32(30,31)27-10-8-18-15(12-27)19(26-25-18)13-4-6-14(7-5-13)21(29)24-9-11-28/h1-7,28H,8-12H2,(H,24,29)(H,25,26). The van der Waals surface area contributed by atoms with Crippen LogP contribution in [-0.4, -0.2) is 53.6 Å². The molecular weight excluding hydrogens is 475 g/mol.